The molecule has 12 heteroatoms. The minimum Gasteiger partial charge on any atom is -0.346 e. The first kappa shape index (κ1) is 21.2. The van der Waals surface area contributed by atoms with Crippen molar-refractivity contribution in [3.63, 3.8) is 0 Å². The Morgan fingerprint density at radius 1 is 1.29 bits per heavy atom. The Hall–Kier alpha value is -3.05. The second-order valence-corrected chi connectivity index (χ2v) is 9.18. The van der Waals surface area contributed by atoms with Gasteiger partial charge in [0.05, 0.1) is 17.0 Å². The van der Waals surface area contributed by atoms with E-state index in [0.717, 1.165) is 10.6 Å². The van der Waals surface area contributed by atoms with Gasteiger partial charge in [-0.15, -0.1) is 0 Å². The average Bonchev–Trinajstić information content (AvgIpc) is 3.10. The van der Waals surface area contributed by atoms with Crippen molar-refractivity contribution in [2.45, 2.75) is 12.8 Å². The molecule has 0 saturated carbocycles. The Labute approximate surface area is 181 Å². The highest BCUT2D eigenvalue weighted by molar-refractivity contribution is 7.88. The molecule has 4 rings (SSSR count). The Kier molecular flexibility index (Phi) is 5.40. The zero-order chi connectivity index (χ0) is 22.3. The van der Waals surface area contributed by atoms with E-state index < -0.39 is 28.8 Å². The maximum Gasteiger partial charge on any atom is 0.253 e. The van der Waals surface area contributed by atoms with Crippen molar-refractivity contribution >= 4 is 44.4 Å². The molecule has 0 spiro atoms. The van der Waals surface area contributed by atoms with Gasteiger partial charge in [-0.1, -0.05) is 17.7 Å². The summed E-state index contributed by atoms with van der Waals surface area (Å²) in [5.41, 5.74) is 1.52. The summed E-state index contributed by atoms with van der Waals surface area (Å²) in [6.45, 7) is -0.351. The number of carbonyl (C=O) groups excluding carboxylic acids is 1. The number of halogens is 3. The number of nitrogens with one attached hydrogen (secondary N) is 1. The normalized spacial score (nSPS) is 14.8. The highest BCUT2D eigenvalue weighted by Gasteiger charge is 2.26. The number of rotatable bonds is 5. The molecule has 8 nitrogen and oxygen atoms in total. The molecule has 162 valence electrons. The fraction of sp³-hybridized carbons (Fsp3) is 0.211. The van der Waals surface area contributed by atoms with Crippen molar-refractivity contribution in [2.75, 3.05) is 17.7 Å². The number of aromatic nitrogens is 3. The SMILES string of the molecule is CS(=O)(=O)N1C=CN(c2cccc(-c3cnc4[nH]cc(CC(F)F)c4c3Cl)n2)C(=O)C1. The van der Waals surface area contributed by atoms with Gasteiger partial charge < -0.3 is 4.98 Å². The van der Waals surface area contributed by atoms with Gasteiger partial charge in [0.25, 0.3) is 5.91 Å². The van der Waals surface area contributed by atoms with Crippen LogP contribution in [0.5, 0.6) is 0 Å². The predicted molar refractivity (Wildman–Crippen MR) is 112 cm³/mol. The first-order valence-corrected chi connectivity index (χ1v) is 11.2. The van der Waals surface area contributed by atoms with E-state index in [0.29, 0.717) is 27.9 Å². The number of aromatic amines is 1. The van der Waals surface area contributed by atoms with Gasteiger partial charge in [-0.05, 0) is 17.7 Å². The Balaban J connectivity index is 1.73. The molecule has 1 aliphatic heterocycles. The number of nitrogens with zero attached hydrogens (tertiary/aromatic N) is 4. The van der Waals surface area contributed by atoms with Gasteiger partial charge in [-0.2, -0.15) is 0 Å². The summed E-state index contributed by atoms with van der Waals surface area (Å²) < 4.78 is 50.0. The van der Waals surface area contributed by atoms with Crippen molar-refractivity contribution < 1.29 is 22.0 Å². The quantitative estimate of drug-likeness (QED) is 0.621. The molecule has 1 N–H and O–H groups in total. The summed E-state index contributed by atoms with van der Waals surface area (Å²) in [6, 6.07) is 4.89. The van der Waals surface area contributed by atoms with Crippen molar-refractivity contribution in [1.29, 1.82) is 0 Å². The van der Waals surface area contributed by atoms with Crippen LogP contribution in [0.15, 0.2) is 43.0 Å². The zero-order valence-corrected chi connectivity index (χ0v) is 17.7. The number of pyridine rings is 2. The molecule has 0 unspecified atom stereocenters. The van der Waals surface area contributed by atoms with E-state index in [-0.39, 0.29) is 17.4 Å². The van der Waals surface area contributed by atoms with Crippen LogP contribution in [0.3, 0.4) is 0 Å². The molecule has 0 saturated heterocycles. The van der Waals surface area contributed by atoms with Crippen LogP contribution >= 0.6 is 11.6 Å². The predicted octanol–water partition coefficient (Wildman–Crippen LogP) is 3.17. The van der Waals surface area contributed by atoms with E-state index in [4.69, 9.17) is 11.6 Å². The number of alkyl halides is 2. The molecule has 31 heavy (non-hydrogen) atoms. The van der Waals surface area contributed by atoms with E-state index in [1.807, 2.05) is 0 Å². The molecular formula is C19H16ClF2N5O3S. The number of hydrogen-bond acceptors (Lipinski definition) is 5. The summed E-state index contributed by atoms with van der Waals surface area (Å²) in [6.07, 6.45) is 3.52. The molecule has 0 aliphatic carbocycles. The average molecular weight is 468 g/mol. The number of fused-ring (bicyclic) bond motifs is 1. The van der Waals surface area contributed by atoms with E-state index in [1.165, 1.54) is 29.7 Å². The lowest BCUT2D eigenvalue weighted by Gasteiger charge is -2.27. The molecule has 0 aromatic carbocycles. The topological polar surface area (TPSA) is 99.3 Å². The number of carbonyl (C=O) groups is 1. The van der Waals surface area contributed by atoms with Crippen LogP contribution in [0.1, 0.15) is 5.56 Å². The van der Waals surface area contributed by atoms with E-state index >= 15 is 0 Å². The van der Waals surface area contributed by atoms with E-state index in [2.05, 4.69) is 15.0 Å². The van der Waals surface area contributed by atoms with Crippen molar-refractivity contribution in [3.8, 4) is 11.3 Å². The highest BCUT2D eigenvalue weighted by Crippen LogP contribution is 2.35. The fourth-order valence-electron chi connectivity index (χ4n) is 3.25. The van der Waals surface area contributed by atoms with Crippen molar-refractivity contribution in [2.24, 2.45) is 0 Å². The Morgan fingerprint density at radius 2 is 2.06 bits per heavy atom. The lowest BCUT2D eigenvalue weighted by Crippen LogP contribution is -2.42. The molecule has 3 aromatic heterocycles. The maximum atomic E-state index is 12.9. The minimum atomic E-state index is -3.55. The lowest BCUT2D eigenvalue weighted by molar-refractivity contribution is -0.118. The fourth-order valence-corrected chi connectivity index (χ4v) is 4.23. The zero-order valence-electron chi connectivity index (χ0n) is 16.1. The van der Waals surface area contributed by atoms with Crippen molar-refractivity contribution in [3.05, 3.63) is 53.6 Å². The van der Waals surface area contributed by atoms with Crippen LogP contribution in [0.25, 0.3) is 22.3 Å². The first-order chi connectivity index (χ1) is 14.6. The van der Waals surface area contributed by atoms with Crippen LogP contribution < -0.4 is 4.90 Å². The van der Waals surface area contributed by atoms with Crippen LogP contribution in [-0.2, 0) is 21.2 Å². The summed E-state index contributed by atoms with van der Waals surface area (Å²) in [5.74, 6) is -0.230. The summed E-state index contributed by atoms with van der Waals surface area (Å²) in [4.78, 5) is 25.2. The van der Waals surface area contributed by atoms with Crippen molar-refractivity contribution in [1.82, 2.24) is 19.3 Å². The second-order valence-electron chi connectivity index (χ2n) is 6.87. The molecule has 0 atom stereocenters. The molecule has 0 fully saturated rings. The molecule has 3 aromatic rings. The van der Waals surface area contributed by atoms with Gasteiger partial charge in [0, 0.05) is 42.2 Å². The van der Waals surface area contributed by atoms with Crippen LogP contribution in [0, 0.1) is 0 Å². The van der Waals surface area contributed by atoms with Gasteiger partial charge in [0.2, 0.25) is 16.4 Å². The molecule has 0 radical (unpaired) electrons. The van der Waals surface area contributed by atoms with Crippen LogP contribution in [0.4, 0.5) is 14.6 Å². The van der Waals surface area contributed by atoms with E-state index in [1.54, 1.807) is 18.2 Å². The lowest BCUT2D eigenvalue weighted by atomic mass is 10.1. The standard InChI is InChI=1S/C19H16ClF2N5O3S/c1-31(29,30)26-5-6-27(16(28)10-26)15-4-2-3-13(25-15)12-9-24-19-17(18(12)20)11(8-23-19)7-14(21)22/h2-6,8-9,14H,7,10H2,1H3,(H,23,24). The monoisotopic (exact) mass is 467 g/mol. The number of sulfonamides is 1. The van der Waals surface area contributed by atoms with Gasteiger partial charge in [0.15, 0.2) is 0 Å². The van der Waals surface area contributed by atoms with Crippen LogP contribution in [-0.4, -0.2) is 52.8 Å². The molecule has 4 heterocycles. The maximum absolute atomic E-state index is 12.9. The number of hydrogen-bond donors (Lipinski definition) is 1. The molecule has 0 bridgehead atoms. The third-order valence-corrected chi connectivity index (χ3v) is 6.21. The Morgan fingerprint density at radius 3 is 2.74 bits per heavy atom. The Bertz CT molecular complexity index is 1310. The molecule has 1 amide bonds. The van der Waals surface area contributed by atoms with Gasteiger partial charge in [-0.25, -0.2) is 27.2 Å². The molecular weight excluding hydrogens is 452 g/mol. The number of anilines is 1. The first-order valence-electron chi connectivity index (χ1n) is 9.02. The highest BCUT2D eigenvalue weighted by atomic mass is 35.5. The largest absolute Gasteiger partial charge is 0.346 e. The van der Waals surface area contributed by atoms with Gasteiger partial charge in [-0.3, -0.25) is 14.0 Å². The molecule has 1 aliphatic rings. The number of amides is 1. The third kappa shape index (κ3) is 4.10. The summed E-state index contributed by atoms with van der Waals surface area (Å²) in [5, 5.41) is 0.611. The second kappa shape index (κ2) is 7.89. The van der Waals surface area contributed by atoms with Crippen LogP contribution in [0.2, 0.25) is 5.02 Å². The van der Waals surface area contributed by atoms with E-state index in [9.17, 15) is 22.0 Å². The third-order valence-electron chi connectivity index (χ3n) is 4.72. The number of H-pyrrole nitrogens is 1. The minimum absolute atomic E-state index is 0.218. The smallest absolute Gasteiger partial charge is 0.253 e. The summed E-state index contributed by atoms with van der Waals surface area (Å²) in [7, 11) is -3.55. The van der Waals surface area contributed by atoms with Gasteiger partial charge in [0.1, 0.15) is 18.0 Å². The summed E-state index contributed by atoms with van der Waals surface area (Å²) >= 11 is 6.53. The van der Waals surface area contributed by atoms with Gasteiger partial charge >= 0.3 is 0 Å².